The number of nitrogens with one attached hydrogen (secondary N) is 2. The lowest BCUT2D eigenvalue weighted by molar-refractivity contribution is 0.0944. The van der Waals surface area contributed by atoms with E-state index in [0.717, 1.165) is 15.6 Å². The number of hydrogen-bond donors (Lipinski definition) is 3. The largest absolute Gasteiger partial charge is 0.493 e. The Kier molecular flexibility index (Phi) is 7.85. The number of nitrogens with two attached hydrogens (primary N) is 1. The van der Waals surface area contributed by atoms with Gasteiger partial charge in [0.15, 0.2) is 11.5 Å². The van der Waals surface area contributed by atoms with Crippen molar-refractivity contribution < 1.29 is 18.9 Å². The molecule has 0 saturated carbocycles. The second kappa shape index (κ2) is 10.8. The molecule has 0 unspecified atom stereocenters. The lowest BCUT2D eigenvalue weighted by Gasteiger charge is -2.17. The van der Waals surface area contributed by atoms with Crippen LogP contribution in [0.3, 0.4) is 0 Å². The maximum Gasteiger partial charge on any atom is 0.277 e. The van der Waals surface area contributed by atoms with Gasteiger partial charge in [-0.1, -0.05) is 45.8 Å². The zero-order valence-electron chi connectivity index (χ0n) is 17.3. The molecular formula is C21H24BrN5O4. The molecule has 1 amide bonds. The van der Waals surface area contributed by atoms with Gasteiger partial charge in [0.2, 0.25) is 11.5 Å². The van der Waals surface area contributed by atoms with Crippen LogP contribution in [0, 0.1) is 6.92 Å². The van der Waals surface area contributed by atoms with Crippen molar-refractivity contribution in [1.29, 1.82) is 0 Å². The number of nitrogen functional groups attached to an aromatic ring is 1. The first-order chi connectivity index (χ1) is 15.0. The number of methoxy groups -OCH3 is 1. The summed E-state index contributed by atoms with van der Waals surface area (Å²) >= 11 is 3.59. The number of amides is 1. The van der Waals surface area contributed by atoms with Gasteiger partial charge in [-0.05, 0) is 34.9 Å². The summed E-state index contributed by atoms with van der Waals surface area (Å²) in [5.74, 6) is 0.830. The quantitative estimate of drug-likeness (QED) is 0.371. The maximum absolute atomic E-state index is 12.0. The van der Waals surface area contributed by atoms with Gasteiger partial charge in [0.05, 0.1) is 7.11 Å². The smallest absolute Gasteiger partial charge is 0.277 e. The van der Waals surface area contributed by atoms with Crippen LogP contribution in [0.15, 0.2) is 45.5 Å². The van der Waals surface area contributed by atoms with Gasteiger partial charge < -0.3 is 25.8 Å². The van der Waals surface area contributed by atoms with Crippen LogP contribution in [0.1, 0.15) is 27.2 Å². The van der Waals surface area contributed by atoms with Gasteiger partial charge in [0, 0.05) is 29.7 Å². The Balaban J connectivity index is 1.58. The fraction of sp³-hybridized carbons (Fsp3) is 0.286. The first-order valence-corrected chi connectivity index (χ1v) is 10.4. The van der Waals surface area contributed by atoms with Gasteiger partial charge in [0.1, 0.15) is 6.61 Å². The number of rotatable bonds is 10. The van der Waals surface area contributed by atoms with Gasteiger partial charge in [-0.15, -0.1) is 0 Å². The third kappa shape index (κ3) is 5.96. The molecular weight excluding hydrogens is 466 g/mol. The number of carbonyl (C=O) groups excluding carboxylic acids is 1. The Bertz CT molecular complexity index is 1020. The molecule has 1 aromatic heterocycles. The lowest BCUT2D eigenvalue weighted by Crippen LogP contribution is -2.32. The van der Waals surface area contributed by atoms with Gasteiger partial charge in [-0.25, -0.2) is 4.63 Å². The molecule has 2 aromatic carbocycles. The van der Waals surface area contributed by atoms with Crippen LogP contribution in [-0.2, 0) is 13.2 Å². The zero-order valence-corrected chi connectivity index (χ0v) is 18.9. The number of hydrogen-bond acceptors (Lipinski definition) is 8. The Hall–Kier alpha value is -3.11. The van der Waals surface area contributed by atoms with E-state index in [1.165, 1.54) is 5.56 Å². The molecule has 0 bridgehead atoms. The molecule has 3 aromatic rings. The highest BCUT2D eigenvalue weighted by Crippen LogP contribution is 2.36. The molecule has 3 rings (SSSR count). The maximum atomic E-state index is 12.0. The van der Waals surface area contributed by atoms with Crippen molar-refractivity contribution in [2.24, 2.45) is 0 Å². The summed E-state index contributed by atoms with van der Waals surface area (Å²) in [4.78, 5) is 12.0. The standard InChI is InChI=1S/C21H24BrN5O4/c1-13-3-5-14(6-4-13)12-30-19-15(16(22)7-8-17(19)29-2)11-24-9-10-25-21(28)18-20(23)27-31-26-18/h3-8,24H,9-12H2,1-2H3,(H2,23,27)(H,25,28). The topological polar surface area (TPSA) is 125 Å². The average molecular weight is 490 g/mol. The minimum absolute atomic E-state index is 0.0256. The summed E-state index contributed by atoms with van der Waals surface area (Å²) in [7, 11) is 1.61. The highest BCUT2D eigenvalue weighted by atomic mass is 79.9. The number of carbonyl (C=O) groups is 1. The molecule has 0 atom stereocenters. The normalized spacial score (nSPS) is 10.7. The van der Waals surface area contributed by atoms with Crippen molar-refractivity contribution in [1.82, 2.24) is 20.9 Å². The van der Waals surface area contributed by atoms with Crippen LogP contribution < -0.4 is 25.8 Å². The SMILES string of the molecule is COc1ccc(Br)c(CNCCNC(=O)c2nonc2N)c1OCc1ccc(C)cc1. The molecule has 9 nitrogen and oxygen atoms in total. The number of anilines is 1. The molecule has 0 spiro atoms. The molecule has 164 valence electrons. The van der Waals surface area contributed by atoms with E-state index in [4.69, 9.17) is 15.2 Å². The molecule has 31 heavy (non-hydrogen) atoms. The Labute approximate surface area is 188 Å². The summed E-state index contributed by atoms with van der Waals surface area (Å²) in [6.45, 7) is 3.85. The highest BCUT2D eigenvalue weighted by molar-refractivity contribution is 9.10. The predicted molar refractivity (Wildman–Crippen MR) is 119 cm³/mol. The Morgan fingerprint density at radius 1 is 1.16 bits per heavy atom. The van der Waals surface area contributed by atoms with Crippen molar-refractivity contribution in [2.75, 3.05) is 25.9 Å². The molecule has 0 aliphatic heterocycles. The average Bonchev–Trinajstić information content (AvgIpc) is 3.20. The molecule has 0 saturated heterocycles. The van der Waals surface area contributed by atoms with Crippen LogP contribution in [0.2, 0.25) is 0 Å². The lowest BCUT2D eigenvalue weighted by atomic mass is 10.1. The second-order valence-electron chi connectivity index (χ2n) is 6.76. The zero-order chi connectivity index (χ0) is 22.2. The predicted octanol–water partition coefficient (Wildman–Crippen LogP) is 2.83. The van der Waals surface area contributed by atoms with Crippen LogP contribution in [0.25, 0.3) is 0 Å². The third-order valence-electron chi connectivity index (χ3n) is 4.51. The van der Waals surface area contributed by atoms with Crippen LogP contribution >= 0.6 is 15.9 Å². The molecule has 10 heteroatoms. The first kappa shape index (κ1) is 22.6. The molecule has 4 N–H and O–H groups in total. The van der Waals surface area contributed by atoms with Crippen molar-refractivity contribution in [3.63, 3.8) is 0 Å². The van der Waals surface area contributed by atoms with Crippen molar-refractivity contribution in [3.05, 3.63) is 63.3 Å². The van der Waals surface area contributed by atoms with E-state index in [9.17, 15) is 4.79 Å². The fourth-order valence-electron chi connectivity index (χ4n) is 2.82. The van der Waals surface area contributed by atoms with E-state index in [1.807, 2.05) is 31.2 Å². The second-order valence-corrected chi connectivity index (χ2v) is 7.62. The number of halogens is 1. The first-order valence-electron chi connectivity index (χ1n) is 9.60. The summed E-state index contributed by atoms with van der Waals surface area (Å²) in [5, 5.41) is 12.8. The van der Waals surface area contributed by atoms with Crippen molar-refractivity contribution in [2.45, 2.75) is 20.1 Å². The van der Waals surface area contributed by atoms with E-state index >= 15 is 0 Å². The third-order valence-corrected chi connectivity index (χ3v) is 5.25. The van der Waals surface area contributed by atoms with E-state index in [1.54, 1.807) is 7.11 Å². The fourth-order valence-corrected chi connectivity index (χ4v) is 3.27. The highest BCUT2D eigenvalue weighted by Gasteiger charge is 2.16. The van der Waals surface area contributed by atoms with Gasteiger partial charge in [0.25, 0.3) is 5.91 Å². The molecule has 0 radical (unpaired) electrons. The minimum atomic E-state index is -0.440. The molecule has 1 heterocycles. The number of aryl methyl sites for hydroxylation is 1. The summed E-state index contributed by atoms with van der Waals surface area (Å²) in [5.41, 5.74) is 8.67. The van der Waals surface area contributed by atoms with Gasteiger partial charge in [-0.2, -0.15) is 0 Å². The monoisotopic (exact) mass is 489 g/mol. The molecule has 0 fully saturated rings. The Morgan fingerprint density at radius 2 is 1.94 bits per heavy atom. The van der Waals surface area contributed by atoms with Crippen LogP contribution in [0.4, 0.5) is 5.82 Å². The number of nitrogens with zero attached hydrogens (tertiary/aromatic N) is 2. The van der Waals surface area contributed by atoms with Crippen LogP contribution in [0.5, 0.6) is 11.5 Å². The number of ether oxygens (including phenoxy) is 2. The van der Waals surface area contributed by atoms with Crippen molar-refractivity contribution in [3.8, 4) is 11.5 Å². The summed E-state index contributed by atoms with van der Waals surface area (Å²) in [6, 6.07) is 12.0. The van der Waals surface area contributed by atoms with Gasteiger partial charge >= 0.3 is 0 Å². The summed E-state index contributed by atoms with van der Waals surface area (Å²) < 4.78 is 16.9. The van der Waals surface area contributed by atoms with Crippen LogP contribution in [-0.4, -0.2) is 36.4 Å². The number of aromatic nitrogens is 2. The number of benzene rings is 2. The molecule has 0 aliphatic rings. The van der Waals surface area contributed by atoms with E-state index in [2.05, 4.69) is 53.6 Å². The minimum Gasteiger partial charge on any atom is -0.493 e. The Morgan fingerprint density at radius 3 is 2.61 bits per heavy atom. The van der Waals surface area contributed by atoms with E-state index in [0.29, 0.717) is 37.7 Å². The van der Waals surface area contributed by atoms with Gasteiger partial charge in [-0.3, -0.25) is 4.79 Å². The molecule has 0 aliphatic carbocycles. The van der Waals surface area contributed by atoms with E-state index in [-0.39, 0.29) is 11.5 Å². The van der Waals surface area contributed by atoms with Crippen molar-refractivity contribution >= 4 is 27.7 Å². The summed E-state index contributed by atoms with van der Waals surface area (Å²) in [6.07, 6.45) is 0. The van der Waals surface area contributed by atoms with E-state index < -0.39 is 5.91 Å².